The van der Waals surface area contributed by atoms with Crippen molar-refractivity contribution in [1.82, 2.24) is 4.90 Å². The quantitative estimate of drug-likeness (QED) is 0.588. The van der Waals surface area contributed by atoms with E-state index in [1.807, 2.05) is 18.7 Å². The van der Waals surface area contributed by atoms with Crippen LogP contribution in [0.25, 0.3) is 0 Å². The van der Waals surface area contributed by atoms with E-state index in [9.17, 15) is 4.79 Å². The Kier molecular flexibility index (Phi) is 2.49. The molecule has 0 aromatic carbocycles. The van der Waals surface area contributed by atoms with Crippen LogP contribution < -0.4 is 0 Å². The second kappa shape index (κ2) is 3.22. The Balaban J connectivity index is 2.56. The van der Waals surface area contributed by atoms with E-state index < -0.39 is 0 Å². The summed E-state index contributed by atoms with van der Waals surface area (Å²) in [6.07, 6.45) is 0.658. The van der Waals surface area contributed by atoms with Gasteiger partial charge in [-0.05, 0) is 13.8 Å². The fraction of sp³-hybridized carbons (Fsp3) is 0.875. The molecule has 1 saturated heterocycles. The van der Waals surface area contributed by atoms with Gasteiger partial charge in [-0.15, -0.1) is 0 Å². The van der Waals surface area contributed by atoms with E-state index in [-0.39, 0.29) is 12.0 Å². The zero-order valence-electron chi connectivity index (χ0n) is 7.33. The minimum absolute atomic E-state index is 0.141. The Hall–Kier alpha value is -0.570. The highest BCUT2D eigenvalue weighted by molar-refractivity contribution is 5.83. The van der Waals surface area contributed by atoms with Gasteiger partial charge in [-0.25, -0.2) is 0 Å². The number of rotatable bonds is 2. The molecule has 1 aliphatic heterocycles. The predicted molar refractivity (Wildman–Crippen MR) is 42.3 cm³/mol. The molecule has 64 valence electrons. The summed E-state index contributed by atoms with van der Waals surface area (Å²) in [7, 11) is 1.59. The highest BCUT2D eigenvalue weighted by Gasteiger charge is 2.32. The van der Waals surface area contributed by atoms with Crippen molar-refractivity contribution in [2.75, 3.05) is 13.7 Å². The van der Waals surface area contributed by atoms with Crippen LogP contribution in [0.3, 0.4) is 0 Å². The average molecular weight is 157 g/mol. The Morgan fingerprint density at radius 3 is 2.55 bits per heavy atom. The number of methoxy groups -OCH3 is 1. The third kappa shape index (κ3) is 1.53. The van der Waals surface area contributed by atoms with Gasteiger partial charge in [0.2, 0.25) is 0 Å². The minimum atomic E-state index is -0.183. The van der Waals surface area contributed by atoms with Crippen molar-refractivity contribution in [2.45, 2.75) is 32.4 Å². The first-order valence-corrected chi connectivity index (χ1v) is 4.00. The molecule has 0 spiro atoms. The summed E-state index contributed by atoms with van der Waals surface area (Å²) < 4.78 is 5.01. The number of likely N-dealkylation sites (tertiary alicyclic amines) is 1. The summed E-state index contributed by atoms with van der Waals surface area (Å²) in [5, 5.41) is 0. The number of hydrogen-bond acceptors (Lipinski definition) is 2. The first-order chi connectivity index (χ1) is 5.16. The number of ether oxygens (including phenoxy) is 1. The molecule has 1 amide bonds. The van der Waals surface area contributed by atoms with Crippen molar-refractivity contribution in [3.8, 4) is 0 Å². The van der Waals surface area contributed by atoms with Crippen LogP contribution in [-0.4, -0.2) is 36.6 Å². The lowest BCUT2D eigenvalue weighted by molar-refractivity contribution is -0.137. The maximum absolute atomic E-state index is 11.4. The van der Waals surface area contributed by atoms with Crippen LogP contribution in [0.1, 0.15) is 20.3 Å². The van der Waals surface area contributed by atoms with Crippen LogP contribution in [0, 0.1) is 0 Å². The summed E-state index contributed by atoms with van der Waals surface area (Å²) in [5.41, 5.74) is 0. The molecule has 11 heavy (non-hydrogen) atoms. The van der Waals surface area contributed by atoms with Crippen LogP contribution in [0.4, 0.5) is 0 Å². The number of hydrogen-bond donors (Lipinski definition) is 0. The standard InChI is InChI=1S/C8H15NO2/c1-6(2)9-5-4-7(11-3)8(9)10/h6-7H,4-5H2,1-3H3/t7-/m0/s1. The molecule has 3 heteroatoms. The second-order valence-corrected chi connectivity index (χ2v) is 3.14. The van der Waals surface area contributed by atoms with Gasteiger partial charge < -0.3 is 9.64 Å². The summed E-state index contributed by atoms with van der Waals surface area (Å²) in [6, 6.07) is 0.308. The molecule has 3 nitrogen and oxygen atoms in total. The van der Waals surface area contributed by atoms with Gasteiger partial charge in [0.15, 0.2) is 0 Å². The zero-order valence-corrected chi connectivity index (χ0v) is 7.33. The van der Waals surface area contributed by atoms with Crippen molar-refractivity contribution in [3.63, 3.8) is 0 Å². The molecular formula is C8H15NO2. The van der Waals surface area contributed by atoms with E-state index in [4.69, 9.17) is 4.74 Å². The van der Waals surface area contributed by atoms with Gasteiger partial charge in [0.1, 0.15) is 6.10 Å². The topological polar surface area (TPSA) is 29.5 Å². The Morgan fingerprint density at radius 1 is 1.64 bits per heavy atom. The van der Waals surface area contributed by atoms with E-state index in [2.05, 4.69) is 0 Å². The molecule has 0 aromatic rings. The van der Waals surface area contributed by atoms with Crippen LogP contribution >= 0.6 is 0 Å². The van der Waals surface area contributed by atoms with Crippen molar-refractivity contribution in [2.24, 2.45) is 0 Å². The zero-order chi connectivity index (χ0) is 8.43. The third-order valence-corrected chi connectivity index (χ3v) is 2.10. The van der Waals surface area contributed by atoms with Crippen molar-refractivity contribution in [1.29, 1.82) is 0 Å². The Morgan fingerprint density at radius 2 is 2.27 bits per heavy atom. The SMILES string of the molecule is CO[C@H]1CCN(C(C)C)C1=O. The van der Waals surface area contributed by atoms with E-state index >= 15 is 0 Å². The van der Waals surface area contributed by atoms with Gasteiger partial charge >= 0.3 is 0 Å². The molecule has 1 fully saturated rings. The molecule has 0 saturated carbocycles. The third-order valence-electron chi connectivity index (χ3n) is 2.10. The number of amides is 1. The van der Waals surface area contributed by atoms with Gasteiger partial charge in [-0.2, -0.15) is 0 Å². The number of carbonyl (C=O) groups is 1. The summed E-state index contributed by atoms with van der Waals surface area (Å²) in [6.45, 7) is 4.89. The summed E-state index contributed by atoms with van der Waals surface area (Å²) in [5.74, 6) is 0.141. The average Bonchev–Trinajstić information content (AvgIpc) is 2.30. The van der Waals surface area contributed by atoms with Crippen molar-refractivity contribution in [3.05, 3.63) is 0 Å². The fourth-order valence-electron chi connectivity index (χ4n) is 1.41. The lowest BCUT2D eigenvalue weighted by Crippen LogP contribution is -2.35. The maximum atomic E-state index is 11.4. The van der Waals surface area contributed by atoms with Crippen LogP contribution in [-0.2, 0) is 9.53 Å². The van der Waals surface area contributed by atoms with Crippen LogP contribution in [0.5, 0.6) is 0 Å². The molecule has 1 heterocycles. The van der Waals surface area contributed by atoms with E-state index in [1.54, 1.807) is 7.11 Å². The molecular weight excluding hydrogens is 142 g/mol. The van der Waals surface area contributed by atoms with Gasteiger partial charge in [0, 0.05) is 26.1 Å². The smallest absolute Gasteiger partial charge is 0.251 e. The predicted octanol–water partition coefficient (Wildman–Crippen LogP) is 0.642. The van der Waals surface area contributed by atoms with Crippen LogP contribution in [0.2, 0.25) is 0 Å². The largest absolute Gasteiger partial charge is 0.372 e. The molecule has 0 aromatic heterocycles. The van der Waals surface area contributed by atoms with Gasteiger partial charge in [0.05, 0.1) is 0 Å². The van der Waals surface area contributed by atoms with Crippen LogP contribution in [0.15, 0.2) is 0 Å². The molecule has 1 aliphatic rings. The van der Waals surface area contributed by atoms with Gasteiger partial charge in [-0.1, -0.05) is 0 Å². The molecule has 0 aliphatic carbocycles. The van der Waals surface area contributed by atoms with E-state index in [0.29, 0.717) is 6.04 Å². The molecule has 0 radical (unpaired) electrons. The highest BCUT2D eigenvalue weighted by atomic mass is 16.5. The van der Waals surface area contributed by atoms with Crippen molar-refractivity contribution >= 4 is 5.91 Å². The molecule has 0 N–H and O–H groups in total. The Bertz CT molecular complexity index is 156. The van der Waals surface area contributed by atoms with Gasteiger partial charge in [-0.3, -0.25) is 4.79 Å². The normalized spacial score (nSPS) is 25.3. The van der Waals surface area contributed by atoms with Gasteiger partial charge in [0.25, 0.3) is 5.91 Å². The minimum Gasteiger partial charge on any atom is -0.372 e. The number of carbonyl (C=O) groups excluding carboxylic acids is 1. The first-order valence-electron chi connectivity index (χ1n) is 4.00. The number of nitrogens with zero attached hydrogens (tertiary/aromatic N) is 1. The molecule has 0 bridgehead atoms. The fourth-order valence-corrected chi connectivity index (χ4v) is 1.41. The summed E-state index contributed by atoms with van der Waals surface area (Å²) >= 11 is 0. The molecule has 0 unspecified atom stereocenters. The maximum Gasteiger partial charge on any atom is 0.251 e. The van der Waals surface area contributed by atoms with E-state index in [0.717, 1.165) is 13.0 Å². The molecule has 1 atom stereocenters. The Labute approximate surface area is 67.3 Å². The highest BCUT2D eigenvalue weighted by Crippen LogP contribution is 2.15. The lowest BCUT2D eigenvalue weighted by atomic mass is 10.3. The van der Waals surface area contributed by atoms with Crippen molar-refractivity contribution < 1.29 is 9.53 Å². The van der Waals surface area contributed by atoms with E-state index in [1.165, 1.54) is 0 Å². The summed E-state index contributed by atoms with van der Waals surface area (Å²) in [4.78, 5) is 13.2. The lowest BCUT2D eigenvalue weighted by Gasteiger charge is -2.20. The first kappa shape index (κ1) is 8.53. The molecule has 1 rings (SSSR count). The monoisotopic (exact) mass is 157 g/mol. The second-order valence-electron chi connectivity index (χ2n) is 3.14.